The van der Waals surface area contributed by atoms with Crippen molar-refractivity contribution in [2.24, 2.45) is 0 Å². The molecule has 0 aliphatic rings. The SMILES string of the molecule is COc1ccc(Br)cc1CC(O)c1ccc(F)cc1C. The van der Waals surface area contributed by atoms with Crippen molar-refractivity contribution < 1.29 is 14.2 Å². The number of ether oxygens (including phenoxy) is 1. The molecular formula is C16H16BrFO2. The molecule has 0 bridgehead atoms. The van der Waals surface area contributed by atoms with Crippen LogP contribution < -0.4 is 4.74 Å². The average Bonchev–Trinajstić information content (AvgIpc) is 2.38. The van der Waals surface area contributed by atoms with Gasteiger partial charge in [-0.25, -0.2) is 4.39 Å². The summed E-state index contributed by atoms with van der Waals surface area (Å²) in [6.07, 6.45) is -0.284. The van der Waals surface area contributed by atoms with Crippen LogP contribution >= 0.6 is 15.9 Å². The molecule has 2 aromatic carbocycles. The van der Waals surface area contributed by atoms with Crippen molar-refractivity contribution in [2.75, 3.05) is 7.11 Å². The third-order valence-electron chi connectivity index (χ3n) is 3.25. The van der Waals surface area contributed by atoms with Gasteiger partial charge in [0.1, 0.15) is 11.6 Å². The van der Waals surface area contributed by atoms with Gasteiger partial charge >= 0.3 is 0 Å². The minimum atomic E-state index is -0.696. The van der Waals surface area contributed by atoms with Crippen molar-refractivity contribution in [1.82, 2.24) is 0 Å². The van der Waals surface area contributed by atoms with Gasteiger partial charge in [0.2, 0.25) is 0 Å². The number of hydrogen-bond donors (Lipinski definition) is 1. The van der Waals surface area contributed by atoms with Crippen LogP contribution in [0.5, 0.6) is 5.75 Å². The van der Waals surface area contributed by atoms with Crippen LogP contribution in [-0.2, 0) is 6.42 Å². The maximum Gasteiger partial charge on any atom is 0.123 e. The van der Waals surface area contributed by atoms with Gasteiger partial charge < -0.3 is 9.84 Å². The van der Waals surface area contributed by atoms with E-state index in [4.69, 9.17) is 4.74 Å². The van der Waals surface area contributed by atoms with E-state index in [0.29, 0.717) is 6.42 Å². The largest absolute Gasteiger partial charge is 0.496 e. The average molecular weight is 339 g/mol. The van der Waals surface area contributed by atoms with E-state index < -0.39 is 6.10 Å². The first-order valence-corrected chi connectivity index (χ1v) is 7.07. The summed E-state index contributed by atoms with van der Waals surface area (Å²) in [6, 6.07) is 10.1. The predicted octanol–water partition coefficient (Wildman–Crippen LogP) is 4.18. The lowest BCUT2D eigenvalue weighted by Gasteiger charge is -2.16. The Morgan fingerprint density at radius 2 is 2.00 bits per heavy atom. The summed E-state index contributed by atoms with van der Waals surface area (Å²) in [4.78, 5) is 0. The van der Waals surface area contributed by atoms with Crippen LogP contribution in [0.2, 0.25) is 0 Å². The first kappa shape index (κ1) is 15.0. The van der Waals surface area contributed by atoms with Crippen LogP contribution in [-0.4, -0.2) is 12.2 Å². The zero-order valence-electron chi connectivity index (χ0n) is 11.4. The molecule has 2 rings (SSSR count). The fraction of sp³-hybridized carbons (Fsp3) is 0.250. The van der Waals surface area contributed by atoms with Crippen LogP contribution in [0.1, 0.15) is 22.8 Å². The molecule has 1 unspecified atom stereocenters. The highest BCUT2D eigenvalue weighted by Crippen LogP contribution is 2.29. The monoisotopic (exact) mass is 338 g/mol. The van der Waals surface area contributed by atoms with Crippen LogP contribution in [0.25, 0.3) is 0 Å². The molecule has 0 saturated heterocycles. The molecule has 1 atom stereocenters. The highest BCUT2D eigenvalue weighted by Gasteiger charge is 2.14. The maximum absolute atomic E-state index is 13.1. The minimum Gasteiger partial charge on any atom is -0.496 e. The molecule has 0 heterocycles. The number of aliphatic hydroxyl groups is 1. The number of halogens is 2. The van der Waals surface area contributed by atoms with E-state index in [2.05, 4.69) is 15.9 Å². The number of benzene rings is 2. The van der Waals surface area contributed by atoms with E-state index in [9.17, 15) is 9.50 Å². The number of hydrogen-bond acceptors (Lipinski definition) is 2. The molecule has 0 saturated carbocycles. The normalized spacial score (nSPS) is 12.2. The first-order valence-electron chi connectivity index (χ1n) is 6.28. The number of aryl methyl sites for hydroxylation is 1. The van der Waals surface area contributed by atoms with Gasteiger partial charge in [-0.3, -0.25) is 0 Å². The molecule has 0 aromatic heterocycles. The van der Waals surface area contributed by atoms with Crippen LogP contribution in [0.15, 0.2) is 40.9 Å². The van der Waals surface area contributed by atoms with E-state index in [1.165, 1.54) is 12.1 Å². The summed E-state index contributed by atoms with van der Waals surface area (Å²) in [5.74, 6) is 0.436. The third-order valence-corrected chi connectivity index (χ3v) is 3.74. The van der Waals surface area contributed by atoms with E-state index in [1.807, 2.05) is 18.2 Å². The molecule has 1 N–H and O–H groups in total. The number of rotatable bonds is 4. The highest BCUT2D eigenvalue weighted by atomic mass is 79.9. The van der Waals surface area contributed by atoms with E-state index in [-0.39, 0.29) is 5.82 Å². The van der Waals surface area contributed by atoms with Gasteiger partial charge in [0.05, 0.1) is 13.2 Å². The van der Waals surface area contributed by atoms with Crippen LogP contribution in [0, 0.1) is 12.7 Å². The first-order chi connectivity index (χ1) is 9.51. The lowest BCUT2D eigenvalue weighted by Crippen LogP contribution is -2.05. The molecule has 4 heteroatoms. The summed E-state index contributed by atoms with van der Waals surface area (Å²) in [5.41, 5.74) is 2.37. The number of methoxy groups -OCH3 is 1. The molecule has 2 nitrogen and oxygen atoms in total. The predicted molar refractivity (Wildman–Crippen MR) is 80.5 cm³/mol. The Balaban J connectivity index is 2.27. The Bertz CT molecular complexity index is 613. The molecule has 0 aliphatic heterocycles. The molecule has 20 heavy (non-hydrogen) atoms. The number of aliphatic hydroxyl groups excluding tert-OH is 1. The van der Waals surface area contributed by atoms with Gasteiger partial charge in [-0.05, 0) is 53.9 Å². The van der Waals surface area contributed by atoms with Gasteiger partial charge in [0.15, 0.2) is 0 Å². The van der Waals surface area contributed by atoms with Crippen molar-refractivity contribution in [3.05, 3.63) is 63.4 Å². The summed E-state index contributed by atoms with van der Waals surface area (Å²) < 4.78 is 19.3. The topological polar surface area (TPSA) is 29.5 Å². The standard InChI is InChI=1S/C16H16BrFO2/c1-10-7-13(18)4-5-14(10)15(19)9-11-8-12(17)3-6-16(11)20-2/h3-8,15,19H,9H2,1-2H3. The fourth-order valence-corrected chi connectivity index (χ4v) is 2.65. The van der Waals surface area contributed by atoms with Crippen LogP contribution in [0.4, 0.5) is 4.39 Å². The maximum atomic E-state index is 13.1. The van der Waals surface area contributed by atoms with Crippen molar-refractivity contribution >= 4 is 15.9 Å². The Labute approximate surface area is 126 Å². The van der Waals surface area contributed by atoms with Gasteiger partial charge in [-0.1, -0.05) is 22.0 Å². The molecule has 0 amide bonds. The van der Waals surface area contributed by atoms with Crippen LogP contribution in [0.3, 0.4) is 0 Å². The van der Waals surface area contributed by atoms with Gasteiger partial charge in [0, 0.05) is 10.9 Å². The van der Waals surface area contributed by atoms with Crippen molar-refractivity contribution in [1.29, 1.82) is 0 Å². The Morgan fingerprint density at radius 3 is 2.65 bits per heavy atom. The van der Waals surface area contributed by atoms with E-state index >= 15 is 0 Å². The van der Waals surface area contributed by atoms with Crippen molar-refractivity contribution in [3.63, 3.8) is 0 Å². The zero-order chi connectivity index (χ0) is 14.7. The minimum absolute atomic E-state index is 0.293. The molecule has 0 aliphatic carbocycles. The molecule has 0 radical (unpaired) electrons. The lowest BCUT2D eigenvalue weighted by atomic mass is 9.97. The second-order valence-electron chi connectivity index (χ2n) is 4.68. The second-order valence-corrected chi connectivity index (χ2v) is 5.59. The third kappa shape index (κ3) is 3.38. The van der Waals surface area contributed by atoms with E-state index in [0.717, 1.165) is 26.9 Å². The molecule has 0 fully saturated rings. The summed E-state index contributed by atoms with van der Waals surface area (Å²) in [5, 5.41) is 10.4. The Kier molecular flexibility index (Phi) is 4.78. The molecule has 106 valence electrons. The molecule has 2 aromatic rings. The lowest BCUT2D eigenvalue weighted by molar-refractivity contribution is 0.176. The van der Waals surface area contributed by atoms with E-state index in [1.54, 1.807) is 20.1 Å². The molecular weight excluding hydrogens is 323 g/mol. The van der Waals surface area contributed by atoms with Crippen molar-refractivity contribution in [2.45, 2.75) is 19.4 Å². The summed E-state index contributed by atoms with van der Waals surface area (Å²) in [6.45, 7) is 1.79. The van der Waals surface area contributed by atoms with Gasteiger partial charge in [-0.15, -0.1) is 0 Å². The smallest absolute Gasteiger partial charge is 0.123 e. The quantitative estimate of drug-likeness (QED) is 0.905. The second kappa shape index (κ2) is 6.37. The van der Waals surface area contributed by atoms with Gasteiger partial charge in [0.25, 0.3) is 0 Å². The van der Waals surface area contributed by atoms with Gasteiger partial charge in [-0.2, -0.15) is 0 Å². The van der Waals surface area contributed by atoms with Crippen molar-refractivity contribution in [3.8, 4) is 5.75 Å². The summed E-state index contributed by atoms with van der Waals surface area (Å²) in [7, 11) is 1.60. The highest BCUT2D eigenvalue weighted by molar-refractivity contribution is 9.10. The Morgan fingerprint density at radius 1 is 1.25 bits per heavy atom. The molecule has 0 spiro atoms. The zero-order valence-corrected chi connectivity index (χ0v) is 12.9. The summed E-state index contributed by atoms with van der Waals surface area (Å²) >= 11 is 3.41. The fourth-order valence-electron chi connectivity index (χ4n) is 2.24. The Hall–Kier alpha value is -1.39.